The fourth-order valence-electron chi connectivity index (χ4n) is 5.27. The van der Waals surface area contributed by atoms with Gasteiger partial charge in [0.1, 0.15) is 5.75 Å². The van der Waals surface area contributed by atoms with E-state index in [0.717, 1.165) is 54.0 Å². The summed E-state index contributed by atoms with van der Waals surface area (Å²) in [5.41, 5.74) is 6.03. The average Bonchev–Trinajstić information content (AvgIpc) is 3.37. The van der Waals surface area contributed by atoms with Crippen LogP contribution < -0.4 is 4.74 Å². The van der Waals surface area contributed by atoms with Gasteiger partial charge in [0.25, 0.3) is 0 Å². The van der Waals surface area contributed by atoms with Gasteiger partial charge in [-0.3, -0.25) is 9.88 Å². The van der Waals surface area contributed by atoms with Gasteiger partial charge in [-0.2, -0.15) is 0 Å². The Hall–Kier alpha value is -3.64. The highest BCUT2D eigenvalue weighted by atomic mass is 16.5. The van der Waals surface area contributed by atoms with E-state index >= 15 is 0 Å². The minimum atomic E-state index is -0.905. The summed E-state index contributed by atoms with van der Waals surface area (Å²) in [4.78, 5) is 21.9. The second-order valence-corrected chi connectivity index (χ2v) is 9.03. The van der Waals surface area contributed by atoms with E-state index in [2.05, 4.69) is 40.0 Å². The number of fused-ring (bicyclic) bond motifs is 1. The minimum absolute atomic E-state index is 0.142. The molecule has 6 heteroatoms. The number of ether oxygens (including phenoxy) is 1. The Bertz CT molecular complexity index is 1300. The lowest BCUT2D eigenvalue weighted by Gasteiger charge is -2.40. The van der Waals surface area contributed by atoms with Gasteiger partial charge in [-0.1, -0.05) is 18.2 Å². The Balaban J connectivity index is 1.51. The van der Waals surface area contributed by atoms with Crippen LogP contribution in [0.5, 0.6) is 5.75 Å². The third-order valence-electron chi connectivity index (χ3n) is 7.05. The molecule has 0 unspecified atom stereocenters. The standard InChI is InChI=1S/C28H29N3O3/c1-18-15-26(34-2)23(22-10-13-30-27(18)22)17-31-14-11-21(24-5-3-4-12-29-24)16-25(31)19-6-8-20(9-7-19)28(32)33/h3-10,12-13,15,21,25,30H,11,14,16-17H2,1-2H3,(H,32,33)/t21-,25-/m1/s1. The summed E-state index contributed by atoms with van der Waals surface area (Å²) in [7, 11) is 1.73. The number of nitrogens with one attached hydrogen (secondary N) is 1. The van der Waals surface area contributed by atoms with Gasteiger partial charge in [0, 0.05) is 53.1 Å². The first-order valence-corrected chi connectivity index (χ1v) is 11.7. The summed E-state index contributed by atoms with van der Waals surface area (Å²) in [6.07, 6.45) is 5.78. The van der Waals surface area contributed by atoms with Crippen LogP contribution in [0, 0.1) is 6.92 Å². The maximum atomic E-state index is 11.4. The molecule has 0 saturated carbocycles. The number of nitrogens with zero attached hydrogens (tertiary/aromatic N) is 2. The predicted octanol–water partition coefficient (Wildman–Crippen LogP) is 5.70. The molecule has 0 amide bonds. The van der Waals surface area contributed by atoms with Crippen molar-refractivity contribution in [3.63, 3.8) is 0 Å². The fraction of sp³-hybridized carbons (Fsp3) is 0.286. The molecule has 0 spiro atoms. The number of methoxy groups -OCH3 is 1. The molecule has 5 rings (SSSR count). The molecule has 1 aliphatic heterocycles. The quantitative estimate of drug-likeness (QED) is 0.390. The lowest BCUT2D eigenvalue weighted by atomic mass is 9.84. The fourth-order valence-corrected chi connectivity index (χ4v) is 5.27. The molecule has 2 atom stereocenters. The van der Waals surface area contributed by atoms with E-state index in [1.54, 1.807) is 19.2 Å². The molecule has 2 aromatic carbocycles. The van der Waals surface area contributed by atoms with Gasteiger partial charge >= 0.3 is 5.97 Å². The van der Waals surface area contributed by atoms with Crippen molar-refractivity contribution in [2.75, 3.05) is 13.7 Å². The topological polar surface area (TPSA) is 78.5 Å². The number of carboxylic acid groups (broad SMARTS) is 1. The number of piperidine rings is 1. The Morgan fingerprint density at radius 1 is 1.21 bits per heavy atom. The van der Waals surface area contributed by atoms with Crippen molar-refractivity contribution in [3.8, 4) is 5.75 Å². The van der Waals surface area contributed by atoms with Crippen LogP contribution in [0.25, 0.3) is 10.9 Å². The van der Waals surface area contributed by atoms with E-state index in [4.69, 9.17) is 4.74 Å². The monoisotopic (exact) mass is 455 g/mol. The van der Waals surface area contributed by atoms with Gasteiger partial charge < -0.3 is 14.8 Å². The van der Waals surface area contributed by atoms with Crippen molar-refractivity contribution < 1.29 is 14.6 Å². The number of carboxylic acids is 1. The summed E-state index contributed by atoms with van der Waals surface area (Å²) in [6.45, 7) is 3.75. The van der Waals surface area contributed by atoms with Crippen LogP contribution >= 0.6 is 0 Å². The van der Waals surface area contributed by atoms with Crippen LogP contribution in [0.1, 0.15) is 57.5 Å². The Labute approximate surface area is 199 Å². The SMILES string of the molecule is COc1cc(C)c2[nH]ccc2c1CN1CC[C@@H](c2ccccn2)C[C@@H]1c1ccc(C(=O)O)cc1. The maximum Gasteiger partial charge on any atom is 0.335 e. The van der Waals surface area contributed by atoms with Gasteiger partial charge in [-0.25, -0.2) is 4.79 Å². The number of hydrogen-bond donors (Lipinski definition) is 2. The van der Waals surface area contributed by atoms with E-state index in [-0.39, 0.29) is 6.04 Å². The lowest BCUT2D eigenvalue weighted by Crippen LogP contribution is -2.36. The molecular formula is C28H29N3O3. The van der Waals surface area contributed by atoms with E-state index < -0.39 is 5.97 Å². The number of aromatic carboxylic acids is 1. The molecular weight excluding hydrogens is 426 g/mol. The second kappa shape index (κ2) is 9.31. The zero-order chi connectivity index (χ0) is 23.7. The number of likely N-dealkylation sites (tertiary alicyclic amines) is 1. The van der Waals surface area contributed by atoms with E-state index in [1.807, 2.05) is 36.7 Å². The van der Waals surface area contributed by atoms with Crippen LogP contribution in [0.2, 0.25) is 0 Å². The molecule has 0 bridgehead atoms. The molecule has 1 saturated heterocycles. The number of pyridine rings is 1. The first kappa shape index (κ1) is 22.2. The summed E-state index contributed by atoms with van der Waals surface area (Å²) in [5.74, 6) is 0.350. The first-order chi connectivity index (χ1) is 16.5. The smallest absolute Gasteiger partial charge is 0.335 e. The highest BCUT2D eigenvalue weighted by molar-refractivity contribution is 5.88. The minimum Gasteiger partial charge on any atom is -0.496 e. The van der Waals surface area contributed by atoms with E-state index in [0.29, 0.717) is 11.5 Å². The normalized spacial score (nSPS) is 18.8. The van der Waals surface area contributed by atoms with Crippen molar-refractivity contribution in [2.24, 2.45) is 0 Å². The van der Waals surface area contributed by atoms with Crippen LogP contribution in [0.4, 0.5) is 0 Å². The molecule has 3 heterocycles. The molecule has 6 nitrogen and oxygen atoms in total. The molecule has 2 N–H and O–H groups in total. The predicted molar refractivity (Wildman–Crippen MR) is 132 cm³/mol. The molecule has 174 valence electrons. The number of carbonyl (C=O) groups is 1. The molecule has 0 aliphatic carbocycles. The van der Waals surface area contributed by atoms with E-state index in [9.17, 15) is 9.90 Å². The Morgan fingerprint density at radius 2 is 2.03 bits per heavy atom. The highest BCUT2D eigenvalue weighted by Crippen LogP contribution is 2.41. The van der Waals surface area contributed by atoms with Gasteiger partial charge in [0.15, 0.2) is 0 Å². The lowest BCUT2D eigenvalue weighted by molar-refractivity contribution is 0.0696. The maximum absolute atomic E-state index is 11.4. The third-order valence-corrected chi connectivity index (χ3v) is 7.05. The first-order valence-electron chi connectivity index (χ1n) is 11.7. The number of aryl methyl sites for hydroxylation is 1. The van der Waals surface area contributed by atoms with Crippen molar-refractivity contribution in [1.29, 1.82) is 0 Å². The van der Waals surface area contributed by atoms with Crippen molar-refractivity contribution >= 4 is 16.9 Å². The zero-order valence-electron chi connectivity index (χ0n) is 19.5. The summed E-state index contributed by atoms with van der Waals surface area (Å²) in [5, 5.41) is 10.5. The van der Waals surface area contributed by atoms with Crippen LogP contribution in [-0.4, -0.2) is 39.6 Å². The number of rotatable bonds is 6. The summed E-state index contributed by atoms with van der Waals surface area (Å²) in [6, 6.07) is 17.8. The summed E-state index contributed by atoms with van der Waals surface area (Å²) < 4.78 is 5.80. The second-order valence-electron chi connectivity index (χ2n) is 9.03. The zero-order valence-corrected chi connectivity index (χ0v) is 19.5. The Kier molecular flexibility index (Phi) is 6.07. The van der Waals surface area contributed by atoms with E-state index in [1.165, 1.54) is 10.9 Å². The number of H-pyrrole nitrogens is 1. The van der Waals surface area contributed by atoms with Crippen LogP contribution in [-0.2, 0) is 6.54 Å². The number of aromatic amines is 1. The third kappa shape index (κ3) is 4.17. The van der Waals surface area contributed by atoms with Gasteiger partial charge in [0.05, 0.1) is 12.7 Å². The molecule has 34 heavy (non-hydrogen) atoms. The van der Waals surface area contributed by atoms with Gasteiger partial charge in [0.2, 0.25) is 0 Å². The molecule has 1 aliphatic rings. The Morgan fingerprint density at radius 3 is 2.74 bits per heavy atom. The van der Waals surface area contributed by atoms with Crippen LogP contribution in [0.15, 0.2) is 67.0 Å². The van der Waals surface area contributed by atoms with Crippen LogP contribution in [0.3, 0.4) is 0 Å². The average molecular weight is 456 g/mol. The van der Waals surface area contributed by atoms with Crippen molar-refractivity contribution in [2.45, 2.75) is 38.3 Å². The summed E-state index contributed by atoms with van der Waals surface area (Å²) >= 11 is 0. The molecule has 1 fully saturated rings. The van der Waals surface area contributed by atoms with Crippen molar-refractivity contribution in [1.82, 2.24) is 14.9 Å². The molecule has 4 aromatic rings. The van der Waals surface area contributed by atoms with Crippen molar-refractivity contribution in [3.05, 3.63) is 94.9 Å². The molecule has 2 aromatic heterocycles. The number of aromatic nitrogens is 2. The number of hydrogen-bond acceptors (Lipinski definition) is 4. The van der Waals surface area contributed by atoms with Gasteiger partial charge in [-0.15, -0.1) is 0 Å². The molecule has 0 radical (unpaired) electrons. The van der Waals surface area contributed by atoms with Gasteiger partial charge in [-0.05, 0) is 73.8 Å². The number of benzene rings is 2. The highest BCUT2D eigenvalue weighted by Gasteiger charge is 2.32. The largest absolute Gasteiger partial charge is 0.496 e.